The van der Waals surface area contributed by atoms with E-state index in [4.69, 9.17) is 14.6 Å². The highest BCUT2D eigenvalue weighted by atomic mass is 32.2. The monoisotopic (exact) mass is 497 g/mol. The molecule has 2 atom stereocenters. The van der Waals surface area contributed by atoms with Gasteiger partial charge in [-0.15, -0.1) is 11.3 Å². The average Bonchev–Trinajstić information content (AvgIpc) is 3.47. The standard InChI is InChI=1S/C23H23N5O4S2/c24-10-16-3-1-2-15(6-16)7-18-9-21(33-13-18)22(29)20-11-26-14-27-23(20)28-19-5-4-17(8-19)12-32-34(25,30)31/h1-3,6,9,11,13-14,17,19H,4-5,7-8,12H2,(H2,25,30,31)(H,26,27,28)/t17-,19+/m1/s1. The van der Waals surface area contributed by atoms with Crippen LogP contribution in [0.25, 0.3) is 0 Å². The number of nitrogens with zero attached hydrogens (tertiary/aromatic N) is 3. The van der Waals surface area contributed by atoms with Gasteiger partial charge in [0.05, 0.1) is 28.7 Å². The fourth-order valence-electron chi connectivity index (χ4n) is 4.06. The Bertz CT molecular complexity index is 1330. The highest BCUT2D eigenvalue weighted by Gasteiger charge is 2.28. The van der Waals surface area contributed by atoms with Crippen molar-refractivity contribution in [2.45, 2.75) is 31.7 Å². The van der Waals surface area contributed by atoms with Crippen LogP contribution in [0.4, 0.5) is 5.82 Å². The second-order valence-electron chi connectivity index (χ2n) is 8.22. The van der Waals surface area contributed by atoms with Crippen molar-refractivity contribution in [2.75, 3.05) is 11.9 Å². The number of rotatable bonds is 9. The van der Waals surface area contributed by atoms with E-state index in [0.717, 1.165) is 24.0 Å². The zero-order valence-corrected chi connectivity index (χ0v) is 19.8. The third-order valence-electron chi connectivity index (χ3n) is 5.65. The predicted octanol–water partition coefficient (Wildman–Crippen LogP) is 3.03. The Hall–Kier alpha value is -3.17. The second-order valence-corrected chi connectivity index (χ2v) is 10.4. The summed E-state index contributed by atoms with van der Waals surface area (Å²) < 4.78 is 26.8. The molecule has 3 N–H and O–H groups in total. The fourth-order valence-corrected chi connectivity index (χ4v) is 5.31. The molecule has 1 fully saturated rings. The van der Waals surface area contributed by atoms with Crippen LogP contribution in [0, 0.1) is 17.2 Å². The maximum Gasteiger partial charge on any atom is 0.333 e. The minimum absolute atomic E-state index is 0.0295. The number of benzene rings is 1. The number of aromatic nitrogens is 2. The normalized spacial score (nSPS) is 17.9. The molecule has 4 rings (SSSR count). The molecule has 11 heteroatoms. The summed E-state index contributed by atoms with van der Waals surface area (Å²) in [6.45, 7) is 0.0435. The molecule has 0 bridgehead atoms. The van der Waals surface area contributed by atoms with E-state index in [0.29, 0.717) is 34.7 Å². The van der Waals surface area contributed by atoms with Crippen LogP contribution in [0.3, 0.4) is 0 Å². The van der Waals surface area contributed by atoms with Crippen molar-refractivity contribution in [1.29, 1.82) is 5.26 Å². The summed E-state index contributed by atoms with van der Waals surface area (Å²) in [7, 11) is -3.96. The van der Waals surface area contributed by atoms with Crippen molar-refractivity contribution in [3.05, 3.63) is 75.4 Å². The Kier molecular flexibility index (Phi) is 7.33. The molecule has 0 radical (unpaired) electrons. The number of anilines is 1. The van der Waals surface area contributed by atoms with Crippen molar-refractivity contribution in [1.82, 2.24) is 9.97 Å². The van der Waals surface area contributed by atoms with E-state index in [1.54, 1.807) is 6.07 Å². The van der Waals surface area contributed by atoms with Crippen LogP contribution in [0.2, 0.25) is 0 Å². The number of ketones is 1. The molecule has 2 heterocycles. The van der Waals surface area contributed by atoms with Gasteiger partial charge in [-0.2, -0.15) is 13.7 Å². The maximum atomic E-state index is 13.2. The molecule has 9 nitrogen and oxygen atoms in total. The number of nitriles is 1. The van der Waals surface area contributed by atoms with Crippen molar-refractivity contribution in [2.24, 2.45) is 11.1 Å². The molecule has 1 aromatic carbocycles. The second kappa shape index (κ2) is 10.4. The van der Waals surface area contributed by atoms with Gasteiger partial charge < -0.3 is 5.32 Å². The summed E-state index contributed by atoms with van der Waals surface area (Å²) in [5, 5.41) is 19.2. The van der Waals surface area contributed by atoms with Gasteiger partial charge in [-0.3, -0.25) is 8.98 Å². The molecule has 1 aliphatic carbocycles. The number of nitrogens with two attached hydrogens (primary N) is 1. The van der Waals surface area contributed by atoms with E-state index in [1.165, 1.54) is 23.9 Å². The molecule has 2 aromatic heterocycles. The minimum atomic E-state index is -3.96. The third-order valence-corrected chi connectivity index (χ3v) is 7.09. The molecule has 176 valence electrons. The van der Waals surface area contributed by atoms with Crippen LogP contribution in [0.15, 0.2) is 48.2 Å². The van der Waals surface area contributed by atoms with Crippen LogP contribution in [0.5, 0.6) is 0 Å². The summed E-state index contributed by atoms with van der Waals surface area (Å²) in [4.78, 5) is 22.1. The molecule has 0 saturated heterocycles. The van der Waals surface area contributed by atoms with Gasteiger partial charge in [0.25, 0.3) is 0 Å². The van der Waals surface area contributed by atoms with E-state index < -0.39 is 10.3 Å². The number of thiophene rings is 1. The molecule has 1 saturated carbocycles. The smallest absolute Gasteiger partial charge is 0.333 e. The third kappa shape index (κ3) is 6.24. The fraction of sp³-hybridized carbons (Fsp3) is 0.304. The first-order valence-corrected chi connectivity index (χ1v) is 13.0. The first-order chi connectivity index (χ1) is 16.3. The topological polar surface area (TPSA) is 148 Å². The number of carbonyl (C=O) groups excluding carboxylic acids is 1. The zero-order valence-electron chi connectivity index (χ0n) is 18.2. The maximum absolute atomic E-state index is 13.2. The van der Waals surface area contributed by atoms with Gasteiger partial charge in [-0.05, 0) is 66.3 Å². The van der Waals surface area contributed by atoms with Gasteiger partial charge in [0.2, 0.25) is 5.78 Å². The average molecular weight is 498 g/mol. The SMILES string of the molecule is N#Cc1cccc(Cc2csc(C(=O)c3cncnc3N[C@H]3CC[C@@H](COS(N)(=O)=O)C3)c2)c1. The molecule has 0 spiro atoms. The summed E-state index contributed by atoms with van der Waals surface area (Å²) in [5.41, 5.74) is 2.98. The highest BCUT2D eigenvalue weighted by molar-refractivity contribution is 7.84. The predicted molar refractivity (Wildman–Crippen MR) is 128 cm³/mol. The Labute approximate surface area is 201 Å². The summed E-state index contributed by atoms with van der Waals surface area (Å²) in [5.74, 6) is 0.336. The number of nitrogens with one attached hydrogen (secondary N) is 1. The van der Waals surface area contributed by atoms with E-state index in [2.05, 4.69) is 21.4 Å². The Morgan fingerprint density at radius 1 is 1.29 bits per heavy atom. The van der Waals surface area contributed by atoms with Crippen LogP contribution >= 0.6 is 11.3 Å². The summed E-state index contributed by atoms with van der Waals surface area (Å²) in [6.07, 6.45) is 5.77. The number of hydrogen-bond donors (Lipinski definition) is 2. The van der Waals surface area contributed by atoms with Crippen LogP contribution < -0.4 is 10.5 Å². The molecular weight excluding hydrogens is 474 g/mol. The largest absolute Gasteiger partial charge is 0.367 e. The van der Waals surface area contributed by atoms with Gasteiger partial charge >= 0.3 is 10.3 Å². The number of carbonyl (C=O) groups is 1. The molecule has 3 aromatic rings. The van der Waals surface area contributed by atoms with Crippen molar-refractivity contribution >= 4 is 33.2 Å². The van der Waals surface area contributed by atoms with Crippen LogP contribution in [-0.4, -0.2) is 36.8 Å². The van der Waals surface area contributed by atoms with E-state index >= 15 is 0 Å². The highest BCUT2D eigenvalue weighted by Crippen LogP contribution is 2.30. The van der Waals surface area contributed by atoms with E-state index in [-0.39, 0.29) is 24.3 Å². The molecule has 1 aliphatic rings. The lowest BCUT2D eigenvalue weighted by Gasteiger charge is -2.15. The van der Waals surface area contributed by atoms with Gasteiger partial charge in [-0.1, -0.05) is 12.1 Å². The Morgan fingerprint density at radius 3 is 2.94 bits per heavy atom. The van der Waals surface area contributed by atoms with Crippen LogP contribution in [0.1, 0.15) is 51.2 Å². The number of hydrogen-bond acceptors (Lipinski definition) is 9. The van der Waals surface area contributed by atoms with Crippen molar-refractivity contribution < 1.29 is 17.4 Å². The van der Waals surface area contributed by atoms with Crippen molar-refractivity contribution in [3.8, 4) is 6.07 Å². The lowest BCUT2D eigenvalue weighted by Crippen LogP contribution is -2.22. The Balaban J connectivity index is 1.43. The first-order valence-electron chi connectivity index (χ1n) is 10.7. The van der Waals surface area contributed by atoms with Gasteiger partial charge in [0.1, 0.15) is 12.1 Å². The van der Waals surface area contributed by atoms with Gasteiger partial charge in [0.15, 0.2) is 0 Å². The molecule has 0 amide bonds. The van der Waals surface area contributed by atoms with Gasteiger partial charge in [0, 0.05) is 12.2 Å². The first kappa shape index (κ1) is 24.0. The molecule has 0 aliphatic heterocycles. The zero-order chi connectivity index (χ0) is 24.1. The van der Waals surface area contributed by atoms with Gasteiger partial charge in [-0.25, -0.2) is 15.1 Å². The van der Waals surface area contributed by atoms with Crippen molar-refractivity contribution in [3.63, 3.8) is 0 Å². The Morgan fingerprint density at radius 2 is 2.15 bits per heavy atom. The molecular formula is C23H23N5O4S2. The molecule has 34 heavy (non-hydrogen) atoms. The minimum Gasteiger partial charge on any atom is -0.367 e. The molecule has 0 unspecified atom stereocenters. The van der Waals surface area contributed by atoms with Crippen LogP contribution in [-0.2, 0) is 20.9 Å². The lowest BCUT2D eigenvalue weighted by molar-refractivity contribution is 0.104. The van der Waals surface area contributed by atoms with E-state index in [9.17, 15) is 13.2 Å². The van der Waals surface area contributed by atoms with E-state index in [1.807, 2.05) is 29.6 Å². The lowest BCUT2D eigenvalue weighted by atomic mass is 10.0. The summed E-state index contributed by atoms with van der Waals surface area (Å²) in [6, 6.07) is 11.4. The quantitative estimate of drug-likeness (QED) is 0.429. The summed E-state index contributed by atoms with van der Waals surface area (Å²) >= 11 is 1.36.